The van der Waals surface area contributed by atoms with E-state index in [-0.39, 0.29) is 19.0 Å². The number of cyclic esters (lactones) is 1. The zero-order chi connectivity index (χ0) is 22.5. The molecule has 0 unspecified atom stereocenters. The van der Waals surface area contributed by atoms with E-state index in [1.54, 1.807) is 12.1 Å². The Labute approximate surface area is 190 Å². The quantitative estimate of drug-likeness (QED) is 0.675. The Morgan fingerprint density at radius 2 is 2.00 bits per heavy atom. The number of anilines is 1. The standard InChI is InChI=1S/C23H25FN4O3S/c1-16(29)25-14-20-15-28(23(30)31-20)19-6-7-21(22(24)12-19)18-4-2-17(3-5-18)13-26-27-8-10-32-11-9-27/h2-7,12-13,20H,8-11,14-15H2,1H3,(H,25,29)/t20-/m0/s1. The second kappa shape index (κ2) is 10.0. The number of thioether (sulfide) groups is 1. The zero-order valence-electron chi connectivity index (χ0n) is 17.8. The Morgan fingerprint density at radius 3 is 2.69 bits per heavy atom. The summed E-state index contributed by atoms with van der Waals surface area (Å²) >= 11 is 1.94. The van der Waals surface area contributed by atoms with E-state index < -0.39 is 18.0 Å². The van der Waals surface area contributed by atoms with Crippen LogP contribution in [0.4, 0.5) is 14.9 Å². The first-order valence-corrected chi connectivity index (χ1v) is 11.6. The highest BCUT2D eigenvalue weighted by atomic mass is 32.2. The summed E-state index contributed by atoms with van der Waals surface area (Å²) in [6.45, 7) is 3.78. The molecule has 2 fully saturated rings. The highest BCUT2D eigenvalue weighted by Gasteiger charge is 2.32. The van der Waals surface area contributed by atoms with Crippen molar-refractivity contribution in [2.75, 3.05) is 42.6 Å². The number of ether oxygens (including phenoxy) is 1. The molecule has 1 N–H and O–H groups in total. The van der Waals surface area contributed by atoms with Crippen LogP contribution < -0.4 is 10.2 Å². The molecule has 0 bridgehead atoms. The predicted molar refractivity (Wildman–Crippen MR) is 125 cm³/mol. The van der Waals surface area contributed by atoms with Crippen LogP contribution in [0.3, 0.4) is 0 Å². The van der Waals surface area contributed by atoms with Gasteiger partial charge in [-0.05, 0) is 29.3 Å². The summed E-state index contributed by atoms with van der Waals surface area (Å²) in [6, 6.07) is 12.2. The number of nitrogens with zero attached hydrogens (tertiary/aromatic N) is 3. The van der Waals surface area contributed by atoms with Crippen molar-refractivity contribution in [1.82, 2.24) is 10.3 Å². The number of amides is 2. The van der Waals surface area contributed by atoms with Gasteiger partial charge in [0.05, 0.1) is 25.0 Å². The van der Waals surface area contributed by atoms with Gasteiger partial charge in [0.2, 0.25) is 5.91 Å². The van der Waals surface area contributed by atoms with E-state index in [9.17, 15) is 14.0 Å². The Balaban J connectivity index is 1.42. The molecule has 0 spiro atoms. The molecule has 2 aliphatic rings. The van der Waals surface area contributed by atoms with Gasteiger partial charge < -0.3 is 10.1 Å². The average molecular weight is 457 g/mol. The third kappa shape index (κ3) is 5.40. The smallest absolute Gasteiger partial charge is 0.414 e. The molecule has 0 radical (unpaired) electrons. The lowest BCUT2D eigenvalue weighted by molar-refractivity contribution is -0.119. The number of nitrogens with one attached hydrogen (secondary N) is 1. The van der Waals surface area contributed by atoms with Crippen LogP contribution in [0.15, 0.2) is 47.6 Å². The van der Waals surface area contributed by atoms with Gasteiger partial charge in [-0.1, -0.05) is 24.3 Å². The zero-order valence-corrected chi connectivity index (χ0v) is 18.6. The summed E-state index contributed by atoms with van der Waals surface area (Å²) in [4.78, 5) is 24.6. The van der Waals surface area contributed by atoms with Gasteiger partial charge in [0, 0.05) is 37.1 Å². The van der Waals surface area contributed by atoms with E-state index in [1.165, 1.54) is 17.9 Å². The van der Waals surface area contributed by atoms with Crippen molar-refractivity contribution in [3.63, 3.8) is 0 Å². The van der Waals surface area contributed by atoms with E-state index in [4.69, 9.17) is 4.74 Å². The Kier molecular flexibility index (Phi) is 6.94. The van der Waals surface area contributed by atoms with E-state index in [0.29, 0.717) is 11.3 Å². The molecule has 2 aromatic carbocycles. The van der Waals surface area contributed by atoms with E-state index in [2.05, 4.69) is 15.4 Å². The summed E-state index contributed by atoms with van der Waals surface area (Å²) in [5.74, 6) is 1.57. The molecule has 1 atom stereocenters. The van der Waals surface area contributed by atoms with Crippen molar-refractivity contribution in [2.45, 2.75) is 13.0 Å². The highest BCUT2D eigenvalue weighted by Crippen LogP contribution is 2.29. The Morgan fingerprint density at radius 1 is 1.25 bits per heavy atom. The molecule has 2 aromatic rings. The van der Waals surface area contributed by atoms with Crippen LogP contribution in [0.25, 0.3) is 11.1 Å². The Hall–Kier alpha value is -3.07. The van der Waals surface area contributed by atoms with E-state index >= 15 is 0 Å². The van der Waals surface area contributed by atoms with Crippen LogP contribution in [0, 0.1) is 5.82 Å². The van der Waals surface area contributed by atoms with E-state index in [1.807, 2.05) is 42.2 Å². The number of benzene rings is 2. The third-order valence-corrected chi connectivity index (χ3v) is 6.24. The molecule has 32 heavy (non-hydrogen) atoms. The van der Waals surface area contributed by atoms with Crippen molar-refractivity contribution in [1.29, 1.82) is 0 Å². The Bertz CT molecular complexity index is 1010. The molecule has 9 heteroatoms. The highest BCUT2D eigenvalue weighted by molar-refractivity contribution is 7.99. The monoisotopic (exact) mass is 456 g/mol. The maximum Gasteiger partial charge on any atom is 0.414 e. The second-order valence-electron chi connectivity index (χ2n) is 7.65. The van der Waals surface area contributed by atoms with Crippen molar-refractivity contribution >= 4 is 35.7 Å². The molecule has 2 heterocycles. The van der Waals surface area contributed by atoms with Gasteiger partial charge in [0.15, 0.2) is 0 Å². The molecular weight excluding hydrogens is 431 g/mol. The molecule has 168 valence electrons. The van der Waals surface area contributed by atoms with Crippen LogP contribution in [0.1, 0.15) is 12.5 Å². The van der Waals surface area contributed by atoms with Gasteiger partial charge in [0.1, 0.15) is 11.9 Å². The fraction of sp³-hybridized carbons (Fsp3) is 0.348. The number of hydrogen-bond acceptors (Lipinski definition) is 6. The van der Waals surface area contributed by atoms with Gasteiger partial charge in [-0.15, -0.1) is 0 Å². The summed E-state index contributed by atoms with van der Waals surface area (Å²) in [6.07, 6.45) is 0.811. The molecule has 2 saturated heterocycles. The molecule has 7 nitrogen and oxygen atoms in total. The molecular formula is C23H25FN4O3S. The first-order valence-electron chi connectivity index (χ1n) is 10.5. The van der Waals surface area contributed by atoms with Crippen LogP contribution >= 0.6 is 11.8 Å². The normalized spacial score (nSPS) is 18.8. The number of rotatable bonds is 6. The third-order valence-electron chi connectivity index (χ3n) is 5.30. The second-order valence-corrected chi connectivity index (χ2v) is 8.87. The van der Waals surface area contributed by atoms with Crippen molar-refractivity contribution in [2.24, 2.45) is 5.10 Å². The van der Waals surface area contributed by atoms with E-state index in [0.717, 1.165) is 35.7 Å². The predicted octanol–water partition coefficient (Wildman–Crippen LogP) is 3.34. The number of carbonyl (C=O) groups is 2. The fourth-order valence-electron chi connectivity index (χ4n) is 3.57. The fourth-order valence-corrected chi connectivity index (χ4v) is 4.45. The van der Waals surface area contributed by atoms with Gasteiger partial charge in [-0.25, -0.2) is 9.18 Å². The summed E-state index contributed by atoms with van der Waals surface area (Å²) < 4.78 is 20.1. The topological polar surface area (TPSA) is 74.2 Å². The lowest BCUT2D eigenvalue weighted by Crippen LogP contribution is -2.33. The molecule has 4 rings (SSSR count). The van der Waals surface area contributed by atoms with Gasteiger partial charge in [-0.3, -0.25) is 14.7 Å². The van der Waals surface area contributed by atoms with Crippen molar-refractivity contribution < 1.29 is 18.7 Å². The molecule has 2 amide bonds. The lowest BCUT2D eigenvalue weighted by atomic mass is 10.0. The molecule has 2 aliphatic heterocycles. The maximum atomic E-state index is 14.9. The summed E-state index contributed by atoms with van der Waals surface area (Å²) in [5.41, 5.74) is 2.57. The minimum atomic E-state index is -0.552. The molecule has 0 saturated carbocycles. The van der Waals surface area contributed by atoms with Crippen LogP contribution in [-0.4, -0.2) is 67.0 Å². The van der Waals surface area contributed by atoms with Crippen LogP contribution in [0.5, 0.6) is 0 Å². The van der Waals surface area contributed by atoms with Gasteiger partial charge in [0.25, 0.3) is 0 Å². The summed E-state index contributed by atoms with van der Waals surface area (Å²) in [5, 5.41) is 9.20. The SMILES string of the molecule is CC(=O)NC[C@H]1CN(c2ccc(-c3ccc(C=NN4CCSCC4)cc3)c(F)c2)C(=O)O1. The van der Waals surface area contributed by atoms with Crippen LogP contribution in [-0.2, 0) is 9.53 Å². The minimum Gasteiger partial charge on any atom is -0.442 e. The van der Waals surface area contributed by atoms with Gasteiger partial charge >= 0.3 is 6.09 Å². The van der Waals surface area contributed by atoms with Crippen molar-refractivity contribution in [3.05, 3.63) is 53.8 Å². The molecule has 0 aromatic heterocycles. The number of hydrogen-bond donors (Lipinski definition) is 1. The number of hydrazone groups is 1. The minimum absolute atomic E-state index is 0.196. The van der Waals surface area contributed by atoms with Crippen LogP contribution in [0.2, 0.25) is 0 Å². The van der Waals surface area contributed by atoms with Crippen molar-refractivity contribution in [3.8, 4) is 11.1 Å². The largest absolute Gasteiger partial charge is 0.442 e. The average Bonchev–Trinajstić information content (AvgIpc) is 3.18. The number of carbonyl (C=O) groups excluding carboxylic acids is 2. The first-order chi connectivity index (χ1) is 15.5. The van der Waals surface area contributed by atoms with Gasteiger partial charge in [-0.2, -0.15) is 16.9 Å². The molecule has 0 aliphatic carbocycles. The maximum absolute atomic E-state index is 14.9. The summed E-state index contributed by atoms with van der Waals surface area (Å²) in [7, 11) is 0. The lowest BCUT2D eigenvalue weighted by Gasteiger charge is -2.22. The first kappa shape index (κ1) is 22.1. The number of halogens is 1.